The Bertz CT molecular complexity index is 1240. The molecule has 0 atom stereocenters. The van der Waals surface area contributed by atoms with Gasteiger partial charge in [-0.15, -0.1) is 0 Å². The van der Waals surface area contributed by atoms with Crippen molar-refractivity contribution in [1.82, 2.24) is 15.0 Å². The van der Waals surface area contributed by atoms with Crippen molar-refractivity contribution in [3.8, 4) is 23.1 Å². The molecule has 0 saturated carbocycles. The number of carbonyl (C=O) groups is 1. The lowest BCUT2D eigenvalue weighted by Crippen LogP contribution is -2.09. The Morgan fingerprint density at radius 2 is 1.48 bits per heavy atom. The molecule has 0 bridgehead atoms. The highest BCUT2D eigenvalue weighted by molar-refractivity contribution is 5.98. The van der Waals surface area contributed by atoms with Crippen LogP contribution in [0.4, 0.5) is 17.5 Å². The van der Waals surface area contributed by atoms with Gasteiger partial charge in [0.1, 0.15) is 41.0 Å². The van der Waals surface area contributed by atoms with Crippen LogP contribution in [0, 0.1) is 0 Å². The van der Waals surface area contributed by atoms with Gasteiger partial charge in [0.15, 0.2) is 0 Å². The standard InChI is InChI=1S/C25H21N5O3/c1-2-7-24(31)30-22-11-6-10-21(28-22)29-23-16-25(27-17-26-23)33-20-14-12-19(13-15-20)32-18-8-4-3-5-9-18/h2-17H,1H3,(H2,26,27,28,29,30,31). The summed E-state index contributed by atoms with van der Waals surface area (Å²) in [5, 5.41) is 5.77. The van der Waals surface area contributed by atoms with Crippen LogP contribution in [-0.4, -0.2) is 20.9 Å². The van der Waals surface area contributed by atoms with E-state index in [2.05, 4.69) is 25.6 Å². The molecular weight excluding hydrogens is 418 g/mol. The SMILES string of the molecule is CC=CC(=O)Nc1cccc(Nc2cc(Oc3ccc(Oc4ccccc4)cc3)ncn2)n1. The molecule has 2 N–H and O–H groups in total. The summed E-state index contributed by atoms with van der Waals surface area (Å²) in [6, 6.07) is 23.7. The molecule has 2 aromatic heterocycles. The maximum absolute atomic E-state index is 11.7. The molecule has 4 rings (SSSR count). The summed E-state index contributed by atoms with van der Waals surface area (Å²) < 4.78 is 11.6. The summed E-state index contributed by atoms with van der Waals surface area (Å²) in [7, 11) is 0. The molecule has 0 aliphatic heterocycles. The lowest BCUT2D eigenvalue weighted by molar-refractivity contribution is -0.111. The van der Waals surface area contributed by atoms with Gasteiger partial charge in [0.05, 0.1) is 0 Å². The van der Waals surface area contributed by atoms with E-state index in [-0.39, 0.29) is 5.91 Å². The Labute approximate surface area is 191 Å². The number of aromatic nitrogens is 3. The van der Waals surface area contributed by atoms with Gasteiger partial charge in [-0.3, -0.25) is 4.79 Å². The van der Waals surface area contributed by atoms with E-state index in [0.29, 0.717) is 34.8 Å². The number of para-hydroxylation sites is 1. The minimum atomic E-state index is -0.250. The fourth-order valence-corrected chi connectivity index (χ4v) is 2.81. The number of nitrogens with one attached hydrogen (secondary N) is 2. The molecule has 1 amide bonds. The minimum absolute atomic E-state index is 0.250. The molecule has 0 spiro atoms. The molecule has 0 aliphatic carbocycles. The Hall–Kier alpha value is -4.72. The molecule has 2 heterocycles. The van der Waals surface area contributed by atoms with Gasteiger partial charge >= 0.3 is 0 Å². The number of amides is 1. The van der Waals surface area contributed by atoms with Crippen LogP contribution in [0.2, 0.25) is 0 Å². The summed E-state index contributed by atoms with van der Waals surface area (Å²) >= 11 is 0. The van der Waals surface area contributed by atoms with Crippen LogP contribution in [0.1, 0.15) is 6.92 Å². The molecule has 8 nitrogen and oxygen atoms in total. The number of nitrogens with zero attached hydrogens (tertiary/aromatic N) is 3. The van der Waals surface area contributed by atoms with Crippen LogP contribution >= 0.6 is 0 Å². The maximum Gasteiger partial charge on any atom is 0.249 e. The van der Waals surface area contributed by atoms with Crippen LogP contribution < -0.4 is 20.1 Å². The minimum Gasteiger partial charge on any atom is -0.457 e. The number of allylic oxidation sites excluding steroid dienone is 1. The largest absolute Gasteiger partial charge is 0.457 e. The summed E-state index contributed by atoms with van der Waals surface area (Å²) in [4.78, 5) is 24.4. The van der Waals surface area contributed by atoms with Crippen LogP contribution in [-0.2, 0) is 4.79 Å². The van der Waals surface area contributed by atoms with Gasteiger partial charge in [-0.2, -0.15) is 0 Å². The number of ether oxygens (including phenoxy) is 2. The average Bonchev–Trinajstić information content (AvgIpc) is 2.82. The van der Waals surface area contributed by atoms with E-state index in [0.717, 1.165) is 5.75 Å². The number of pyridine rings is 1. The topological polar surface area (TPSA) is 98.3 Å². The first-order valence-electron chi connectivity index (χ1n) is 10.2. The third-order valence-corrected chi connectivity index (χ3v) is 4.24. The van der Waals surface area contributed by atoms with Crippen LogP contribution in [0.3, 0.4) is 0 Å². The predicted octanol–water partition coefficient (Wildman–Crippen LogP) is 5.71. The quantitative estimate of drug-likeness (QED) is 0.339. The summed E-state index contributed by atoms with van der Waals surface area (Å²) in [5.41, 5.74) is 0. The van der Waals surface area contributed by atoms with E-state index in [1.807, 2.05) is 42.5 Å². The fraction of sp³-hybridized carbons (Fsp3) is 0.0400. The molecule has 0 fully saturated rings. The number of rotatable bonds is 8. The Morgan fingerprint density at radius 1 is 0.788 bits per heavy atom. The first-order chi connectivity index (χ1) is 16.2. The summed E-state index contributed by atoms with van der Waals surface area (Å²) in [6.45, 7) is 1.77. The van der Waals surface area contributed by atoms with Gasteiger partial charge in [0.25, 0.3) is 0 Å². The maximum atomic E-state index is 11.7. The third-order valence-electron chi connectivity index (χ3n) is 4.24. The van der Waals surface area contributed by atoms with Crippen molar-refractivity contribution in [2.75, 3.05) is 10.6 Å². The van der Waals surface area contributed by atoms with Crippen molar-refractivity contribution < 1.29 is 14.3 Å². The number of hydrogen-bond donors (Lipinski definition) is 2. The zero-order valence-corrected chi connectivity index (χ0v) is 17.8. The van der Waals surface area contributed by atoms with Crippen molar-refractivity contribution in [3.05, 3.63) is 97.3 Å². The molecule has 0 unspecified atom stereocenters. The molecule has 0 radical (unpaired) electrons. The van der Waals surface area contributed by atoms with Crippen molar-refractivity contribution in [1.29, 1.82) is 0 Å². The highest BCUT2D eigenvalue weighted by Gasteiger charge is 2.06. The second-order valence-corrected chi connectivity index (χ2v) is 6.75. The van der Waals surface area contributed by atoms with Gasteiger partial charge in [0, 0.05) is 6.07 Å². The Morgan fingerprint density at radius 3 is 2.24 bits per heavy atom. The monoisotopic (exact) mass is 439 g/mol. The van der Waals surface area contributed by atoms with E-state index in [9.17, 15) is 4.79 Å². The van der Waals surface area contributed by atoms with Gasteiger partial charge in [-0.05, 0) is 61.5 Å². The lowest BCUT2D eigenvalue weighted by atomic mass is 10.3. The molecule has 2 aromatic carbocycles. The second kappa shape index (κ2) is 10.5. The van der Waals surface area contributed by atoms with Gasteiger partial charge in [-0.1, -0.05) is 30.3 Å². The number of benzene rings is 2. The second-order valence-electron chi connectivity index (χ2n) is 6.75. The van der Waals surface area contributed by atoms with Gasteiger partial charge in [0.2, 0.25) is 11.8 Å². The van der Waals surface area contributed by atoms with Crippen molar-refractivity contribution in [3.63, 3.8) is 0 Å². The lowest BCUT2D eigenvalue weighted by Gasteiger charge is -2.09. The predicted molar refractivity (Wildman–Crippen MR) is 126 cm³/mol. The van der Waals surface area contributed by atoms with Gasteiger partial charge < -0.3 is 20.1 Å². The zero-order valence-electron chi connectivity index (χ0n) is 17.8. The first-order valence-corrected chi connectivity index (χ1v) is 10.2. The summed E-state index contributed by atoms with van der Waals surface area (Å²) in [5.74, 6) is 3.61. The van der Waals surface area contributed by atoms with Crippen LogP contribution in [0.25, 0.3) is 0 Å². The summed E-state index contributed by atoms with van der Waals surface area (Å²) in [6.07, 6.45) is 4.47. The zero-order chi connectivity index (χ0) is 22.9. The third kappa shape index (κ3) is 6.38. The highest BCUT2D eigenvalue weighted by atomic mass is 16.5. The smallest absolute Gasteiger partial charge is 0.249 e. The Kier molecular flexibility index (Phi) is 6.87. The van der Waals surface area contributed by atoms with Crippen LogP contribution in [0.15, 0.2) is 97.3 Å². The van der Waals surface area contributed by atoms with Crippen LogP contribution in [0.5, 0.6) is 23.1 Å². The van der Waals surface area contributed by atoms with E-state index >= 15 is 0 Å². The molecule has 33 heavy (non-hydrogen) atoms. The molecule has 164 valence electrons. The van der Waals surface area contributed by atoms with Gasteiger partial charge in [-0.25, -0.2) is 15.0 Å². The normalized spacial score (nSPS) is 10.6. The van der Waals surface area contributed by atoms with Crippen molar-refractivity contribution in [2.24, 2.45) is 0 Å². The Balaban J connectivity index is 1.39. The number of anilines is 3. The molecule has 0 aliphatic rings. The fourth-order valence-electron chi connectivity index (χ4n) is 2.81. The number of carbonyl (C=O) groups excluding carboxylic acids is 1. The average molecular weight is 439 g/mol. The van der Waals surface area contributed by atoms with E-state index in [1.165, 1.54) is 12.4 Å². The van der Waals surface area contributed by atoms with E-state index in [4.69, 9.17) is 9.47 Å². The molecule has 8 heteroatoms. The molecule has 0 saturated heterocycles. The van der Waals surface area contributed by atoms with E-state index in [1.54, 1.807) is 49.4 Å². The van der Waals surface area contributed by atoms with Crippen molar-refractivity contribution >= 4 is 23.4 Å². The number of hydrogen-bond acceptors (Lipinski definition) is 7. The first kappa shape index (κ1) is 21.5. The van der Waals surface area contributed by atoms with Crippen molar-refractivity contribution in [2.45, 2.75) is 6.92 Å². The molecular formula is C25H21N5O3. The molecule has 4 aromatic rings. The van der Waals surface area contributed by atoms with E-state index < -0.39 is 0 Å². The highest BCUT2D eigenvalue weighted by Crippen LogP contribution is 2.27.